The Morgan fingerprint density at radius 1 is 1.09 bits per heavy atom. The lowest BCUT2D eigenvalue weighted by Crippen LogP contribution is -2.45. The Morgan fingerprint density at radius 2 is 1.78 bits per heavy atom. The van der Waals surface area contributed by atoms with Crippen molar-refractivity contribution in [3.05, 3.63) is 23.8 Å². The van der Waals surface area contributed by atoms with Crippen LogP contribution in [-0.4, -0.2) is 101 Å². The van der Waals surface area contributed by atoms with Crippen molar-refractivity contribution in [1.82, 2.24) is 20.4 Å². The molecule has 1 saturated heterocycles. The highest BCUT2D eigenvalue weighted by Crippen LogP contribution is 2.28. The second-order valence-corrected chi connectivity index (χ2v) is 7.66. The number of hydrogen-bond acceptors (Lipinski definition) is 6. The number of morpholine rings is 1. The first-order chi connectivity index (χ1) is 15.5. The summed E-state index contributed by atoms with van der Waals surface area (Å²) >= 11 is 0. The normalized spacial score (nSPS) is 14.7. The van der Waals surface area contributed by atoms with Gasteiger partial charge in [0.2, 0.25) is 5.91 Å². The fourth-order valence-corrected chi connectivity index (χ4v) is 3.20. The van der Waals surface area contributed by atoms with Gasteiger partial charge < -0.3 is 29.7 Å². The molecule has 0 bridgehead atoms. The van der Waals surface area contributed by atoms with Gasteiger partial charge in [0.05, 0.1) is 26.4 Å². The molecule has 1 fully saturated rings. The van der Waals surface area contributed by atoms with Crippen molar-refractivity contribution in [3.63, 3.8) is 0 Å². The SMILES string of the molecule is CCOc1ccc(CCNC(=NCC(=O)N(C)C)NCCN2CCOCC2)cc1OCC. The molecule has 1 aromatic rings. The molecule has 1 heterocycles. The maximum absolute atomic E-state index is 12.0. The van der Waals surface area contributed by atoms with Crippen LogP contribution in [0.25, 0.3) is 0 Å². The first-order valence-corrected chi connectivity index (χ1v) is 11.4. The Kier molecular flexibility index (Phi) is 11.7. The Balaban J connectivity index is 1.90. The zero-order valence-electron chi connectivity index (χ0n) is 20.0. The smallest absolute Gasteiger partial charge is 0.243 e. The molecule has 0 atom stereocenters. The van der Waals surface area contributed by atoms with Gasteiger partial charge in [0.15, 0.2) is 17.5 Å². The molecule has 0 saturated carbocycles. The van der Waals surface area contributed by atoms with E-state index in [0.29, 0.717) is 25.7 Å². The van der Waals surface area contributed by atoms with Crippen LogP contribution in [0.1, 0.15) is 19.4 Å². The first kappa shape index (κ1) is 25.7. The summed E-state index contributed by atoms with van der Waals surface area (Å²) in [6.07, 6.45) is 0.790. The maximum Gasteiger partial charge on any atom is 0.243 e. The lowest BCUT2D eigenvalue weighted by Gasteiger charge is -2.26. The number of rotatable bonds is 12. The summed E-state index contributed by atoms with van der Waals surface area (Å²) < 4.78 is 16.8. The summed E-state index contributed by atoms with van der Waals surface area (Å²) in [5.41, 5.74) is 1.14. The standard InChI is InChI=1S/C23H39N5O4/c1-5-31-20-8-7-19(17-21(20)32-6-2)9-10-24-23(26-18-22(29)27(3)4)25-11-12-28-13-15-30-16-14-28/h7-8,17H,5-6,9-16,18H2,1-4H3,(H2,24,25,26). The number of carbonyl (C=O) groups excluding carboxylic acids is 1. The van der Waals surface area contributed by atoms with Gasteiger partial charge in [-0.05, 0) is 38.0 Å². The van der Waals surface area contributed by atoms with Crippen molar-refractivity contribution in [1.29, 1.82) is 0 Å². The molecule has 0 aromatic heterocycles. The van der Waals surface area contributed by atoms with Gasteiger partial charge in [0, 0.05) is 46.8 Å². The fourth-order valence-electron chi connectivity index (χ4n) is 3.20. The predicted molar refractivity (Wildman–Crippen MR) is 127 cm³/mol. The van der Waals surface area contributed by atoms with Crippen LogP contribution in [0.3, 0.4) is 0 Å². The fraction of sp³-hybridized carbons (Fsp3) is 0.652. The third-order valence-electron chi connectivity index (χ3n) is 5.01. The Bertz CT molecular complexity index is 720. The molecule has 0 unspecified atom stereocenters. The molecule has 2 N–H and O–H groups in total. The van der Waals surface area contributed by atoms with Gasteiger partial charge >= 0.3 is 0 Å². The highest BCUT2D eigenvalue weighted by molar-refractivity contribution is 5.84. The quantitative estimate of drug-likeness (QED) is 0.363. The number of amides is 1. The lowest BCUT2D eigenvalue weighted by molar-refractivity contribution is -0.127. The second-order valence-electron chi connectivity index (χ2n) is 7.66. The van der Waals surface area contributed by atoms with Gasteiger partial charge in [-0.1, -0.05) is 6.07 Å². The topological polar surface area (TPSA) is 87.7 Å². The zero-order valence-corrected chi connectivity index (χ0v) is 20.0. The van der Waals surface area contributed by atoms with Crippen molar-refractivity contribution in [3.8, 4) is 11.5 Å². The van der Waals surface area contributed by atoms with Gasteiger partial charge in [-0.15, -0.1) is 0 Å². The van der Waals surface area contributed by atoms with E-state index in [1.54, 1.807) is 19.0 Å². The van der Waals surface area contributed by atoms with Crippen molar-refractivity contribution < 1.29 is 19.0 Å². The third kappa shape index (κ3) is 9.32. The molecule has 1 aromatic carbocycles. The highest BCUT2D eigenvalue weighted by atomic mass is 16.5. The molecule has 1 amide bonds. The zero-order chi connectivity index (χ0) is 23.2. The van der Waals surface area contributed by atoms with Crippen LogP contribution in [0.2, 0.25) is 0 Å². The lowest BCUT2D eigenvalue weighted by atomic mass is 10.1. The van der Waals surface area contributed by atoms with Gasteiger partial charge in [0.25, 0.3) is 0 Å². The van der Waals surface area contributed by atoms with E-state index in [4.69, 9.17) is 14.2 Å². The maximum atomic E-state index is 12.0. The average Bonchev–Trinajstić information content (AvgIpc) is 2.79. The minimum absolute atomic E-state index is 0.0350. The predicted octanol–water partition coefficient (Wildman–Crippen LogP) is 0.982. The number of nitrogens with zero attached hydrogens (tertiary/aromatic N) is 3. The Morgan fingerprint density at radius 3 is 2.47 bits per heavy atom. The third-order valence-corrected chi connectivity index (χ3v) is 5.01. The van der Waals surface area contributed by atoms with Crippen molar-refractivity contribution in [2.24, 2.45) is 4.99 Å². The van der Waals surface area contributed by atoms with Crippen LogP contribution < -0.4 is 20.1 Å². The summed E-state index contributed by atoms with van der Waals surface area (Å²) in [4.78, 5) is 20.3. The summed E-state index contributed by atoms with van der Waals surface area (Å²) in [5, 5.41) is 6.69. The van der Waals surface area contributed by atoms with Gasteiger partial charge in [-0.2, -0.15) is 0 Å². The molecule has 32 heavy (non-hydrogen) atoms. The van der Waals surface area contributed by atoms with E-state index in [9.17, 15) is 4.79 Å². The number of carbonyl (C=O) groups is 1. The molecule has 0 radical (unpaired) electrons. The molecule has 0 spiro atoms. The van der Waals surface area contributed by atoms with Crippen LogP contribution in [-0.2, 0) is 16.0 Å². The molecule has 1 aliphatic rings. The van der Waals surface area contributed by atoms with Crippen LogP contribution in [0.15, 0.2) is 23.2 Å². The summed E-state index contributed by atoms with van der Waals surface area (Å²) in [6, 6.07) is 6.02. The van der Waals surface area contributed by atoms with E-state index in [0.717, 1.165) is 62.9 Å². The number of benzene rings is 1. The molecule has 9 heteroatoms. The van der Waals surface area contributed by atoms with E-state index >= 15 is 0 Å². The number of guanidine groups is 1. The summed E-state index contributed by atoms with van der Waals surface area (Å²) in [6.45, 7) is 11.0. The van der Waals surface area contributed by atoms with E-state index in [2.05, 4.69) is 20.5 Å². The monoisotopic (exact) mass is 449 g/mol. The highest BCUT2D eigenvalue weighted by Gasteiger charge is 2.11. The number of hydrogen-bond donors (Lipinski definition) is 2. The van der Waals surface area contributed by atoms with E-state index in [1.165, 1.54) is 0 Å². The molecule has 180 valence electrons. The number of aliphatic imine (C=N–C) groups is 1. The van der Waals surface area contributed by atoms with Crippen LogP contribution in [0.4, 0.5) is 0 Å². The number of ether oxygens (including phenoxy) is 3. The van der Waals surface area contributed by atoms with E-state index < -0.39 is 0 Å². The van der Waals surface area contributed by atoms with E-state index in [1.807, 2.05) is 32.0 Å². The van der Waals surface area contributed by atoms with Crippen molar-refractivity contribution in [2.45, 2.75) is 20.3 Å². The molecule has 9 nitrogen and oxygen atoms in total. The summed E-state index contributed by atoms with van der Waals surface area (Å²) in [7, 11) is 3.47. The van der Waals surface area contributed by atoms with Crippen molar-refractivity contribution >= 4 is 11.9 Å². The minimum atomic E-state index is -0.0350. The molecule has 1 aliphatic heterocycles. The van der Waals surface area contributed by atoms with Crippen LogP contribution in [0, 0.1) is 0 Å². The number of likely N-dealkylation sites (N-methyl/N-ethyl adjacent to an activating group) is 1. The molecule has 0 aliphatic carbocycles. The molecule has 2 rings (SSSR count). The first-order valence-electron chi connectivity index (χ1n) is 11.4. The number of nitrogens with one attached hydrogen (secondary N) is 2. The molecular weight excluding hydrogens is 410 g/mol. The van der Waals surface area contributed by atoms with Gasteiger partial charge in [-0.25, -0.2) is 4.99 Å². The Hall–Kier alpha value is -2.52. The van der Waals surface area contributed by atoms with Gasteiger partial charge in [0.1, 0.15) is 6.54 Å². The van der Waals surface area contributed by atoms with Crippen LogP contribution >= 0.6 is 0 Å². The summed E-state index contributed by atoms with van der Waals surface area (Å²) in [5.74, 6) is 2.14. The largest absolute Gasteiger partial charge is 0.490 e. The average molecular weight is 450 g/mol. The van der Waals surface area contributed by atoms with Crippen molar-refractivity contribution in [2.75, 3.05) is 79.8 Å². The van der Waals surface area contributed by atoms with E-state index in [-0.39, 0.29) is 12.5 Å². The minimum Gasteiger partial charge on any atom is -0.490 e. The van der Waals surface area contributed by atoms with Gasteiger partial charge in [-0.3, -0.25) is 9.69 Å². The Labute approximate surface area is 192 Å². The van der Waals surface area contributed by atoms with Crippen LogP contribution in [0.5, 0.6) is 11.5 Å². The molecular formula is C23H39N5O4. The second kappa shape index (κ2) is 14.5.